The third kappa shape index (κ3) is 2.53. The van der Waals surface area contributed by atoms with Crippen LogP contribution in [0, 0.1) is 5.92 Å². The second-order valence-corrected chi connectivity index (χ2v) is 5.30. The molecule has 0 amide bonds. The van der Waals surface area contributed by atoms with Crippen molar-refractivity contribution < 1.29 is 5.11 Å². The molecule has 0 bridgehead atoms. The Labute approximate surface area is 105 Å². The Bertz CT molecular complexity index is 279. The van der Waals surface area contributed by atoms with Crippen LogP contribution >= 0.6 is 23.2 Å². The number of nitrogens with zero attached hydrogens (tertiary/aromatic N) is 1. The molecule has 1 saturated heterocycles. The van der Waals surface area contributed by atoms with Gasteiger partial charge in [0.15, 0.2) is 0 Å². The molecule has 1 fully saturated rings. The van der Waals surface area contributed by atoms with Crippen molar-refractivity contribution in [2.24, 2.45) is 11.7 Å². The number of nitrogens with one attached hydrogen (secondary N) is 1. The SMILES string of the molecule is NC(O)C1CC(N2CCCN2)C(Cl)=CC1Cl. The number of aliphatic hydroxyl groups excluding tert-OH is 1. The second-order valence-electron chi connectivity index (χ2n) is 4.36. The van der Waals surface area contributed by atoms with E-state index in [0.29, 0.717) is 6.42 Å². The third-order valence-corrected chi connectivity index (χ3v) is 4.07. The lowest BCUT2D eigenvalue weighted by molar-refractivity contribution is 0.0807. The Morgan fingerprint density at radius 1 is 1.62 bits per heavy atom. The number of aliphatic hydroxyl groups is 1. The molecule has 6 heteroatoms. The summed E-state index contributed by atoms with van der Waals surface area (Å²) in [5.41, 5.74) is 8.80. The highest BCUT2D eigenvalue weighted by Gasteiger charge is 2.36. The summed E-state index contributed by atoms with van der Waals surface area (Å²) in [4.78, 5) is 0. The number of rotatable bonds is 2. The van der Waals surface area contributed by atoms with Crippen molar-refractivity contribution in [1.82, 2.24) is 10.4 Å². The summed E-state index contributed by atoms with van der Waals surface area (Å²) in [5, 5.41) is 12.0. The van der Waals surface area contributed by atoms with Crippen molar-refractivity contribution in [3.8, 4) is 0 Å². The van der Waals surface area contributed by atoms with Gasteiger partial charge in [-0.1, -0.05) is 17.7 Å². The molecule has 2 rings (SSSR count). The van der Waals surface area contributed by atoms with Gasteiger partial charge in [-0.2, -0.15) is 0 Å². The average Bonchev–Trinajstić information content (AvgIpc) is 2.70. The van der Waals surface area contributed by atoms with Gasteiger partial charge in [-0.15, -0.1) is 11.6 Å². The minimum absolute atomic E-state index is 0.0855. The topological polar surface area (TPSA) is 61.5 Å². The van der Waals surface area contributed by atoms with Gasteiger partial charge in [0.1, 0.15) is 6.23 Å². The zero-order valence-electron chi connectivity index (χ0n) is 8.94. The van der Waals surface area contributed by atoms with Gasteiger partial charge in [-0.3, -0.25) is 5.43 Å². The van der Waals surface area contributed by atoms with Gasteiger partial charge >= 0.3 is 0 Å². The lowest BCUT2D eigenvalue weighted by atomic mass is 9.89. The Kier molecular flexibility index (Phi) is 4.11. The molecule has 92 valence electrons. The zero-order chi connectivity index (χ0) is 11.7. The van der Waals surface area contributed by atoms with Gasteiger partial charge in [-0.05, 0) is 12.8 Å². The van der Waals surface area contributed by atoms with Gasteiger partial charge < -0.3 is 10.8 Å². The summed E-state index contributed by atoms with van der Waals surface area (Å²) in [7, 11) is 0. The zero-order valence-corrected chi connectivity index (χ0v) is 10.5. The molecule has 0 spiro atoms. The van der Waals surface area contributed by atoms with Crippen molar-refractivity contribution in [2.45, 2.75) is 30.5 Å². The molecule has 0 saturated carbocycles. The molecule has 4 atom stereocenters. The summed E-state index contributed by atoms with van der Waals surface area (Å²) in [5.74, 6) is -0.142. The molecule has 0 aromatic rings. The molecule has 4 unspecified atom stereocenters. The number of alkyl halides is 1. The average molecular weight is 266 g/mol. The minimum Gasteiger partial charge on any atom is -0.378 e. The van der Waals surface area contributed by atoms with E-state index in [1.54, 1.807) is 6.08 Å². The lowest BCUT2D eigenvalue weighted by Crippen LogP contribution is -2.48. The van der Waals surface area contributed by atoms with E-state index in [9.17, 15) is 5.11 Å². The van der Waals surface area contributed by atoms with Gasteiger partial charge in [0.2, 0.25) is 0 Å². The number of allylic oxidation sites excluding steroid dienone is 1. The molecule has 2 aliphatic rings. The molecule has 1 aliphatic heterocycles. The standard InChI is InChI=1S/C10H17Cl2N3O/c11-7-5-8(12)9(4-6(7)10(13)16)15-3-1-2-14-15/h5-7,9-10,14,16H,1-4,13H2. The van der Waals surface area contributed by atoms with E-state index in [1.165, 1.54) is 0 Å². The van der Waals surface area contributed by atoms with Crippen molar-refractivity contribution in [1.29, 1.82) is 0 Å². The summed E-state index contributed by atoms with van der Waals surface area (Å²) in [6, 6.07) is 0.0855. The van der Waals surface area contributed by atoms with E-state index in [4.69, 9.17) is 28.9 Å². The van der Waals surface area contributed by atoms with Crippen LogP contribution < -0.4 is 11.2 Å². The molecule has 1 aliphatic carbocycles. The number of nitrogens with two attached hydrogens (primary N) is 1. The second kappa shape index (κ2) is 5.21. The van der Waals surface area contributed by atoms with Gasteiger partial charge in [0, 0.05) is 24.0 Å². The van der Waals surface area contributed by atoms with Crippen LogP contribution in [0.5, 0.6) is 0 Å². The number of halogens is 2. The normalized spacial score (nSPS) is 38.5. The fraction of sp³-hybridized carbons (Fsp3) is 0.800. The van der Waals surface area contributed by atoms with Crippen LogP contribution in [-0.4, -0.2) is 40.9 Å². The first kappa shape index (κ1) is 12.6. The van der Waals surface area contributed by atoms with Gasteiger partial charge in [0.25, 0.3) is 0 Å². The predicted octanol–water partition coefficient (Wildman–Crippen LogP) is 0.592. The Hall–Kier alpha value is 0.160. The van der Waals surface area contributed by atoms with Crippen molar-refractivity contribution in [3.63, 3.8) is 0 Å². The van der Waals surface area contributed by atoms with Gasteiger partial charge in [0.05, 0.1) is 11.4 Å². The summed E-state index contributed by atoms with van der Waals surface area (Å²) in [6.07, 6.45) is 2.70. The maximum Gasteiger partial charge on any atom is 0.107 e. The third-order valence-electron chi connectivity index (χ3n) is 3.25. The molecular formula is C10H17Cl2N3O. The van der Waals surface area contributed by atoms with Crippen molar-refractivity contribution in [2.75, 3.05) is 13.1 Å². The van der Waals surface area contributed by atoms with Crippen LogP contribution in [0.2, 0.25) is 0 Å². The Morgan fingerprint density at radius 2 is 2.38 bits per heavy atom. The molecule has 4 nitrogen and oxygen atoms in total. The van der Waals surface area contributed by atoms with Crippen LogP contribution in [0.1, 0.15) is 12.8 Å². The Morgan fingerprint density at radius 3 is 2.94 bits per heavy atom. The maximum absolute atomic E-state index is 9.48. The first-order chi connectivity index (χ1) is 7.59. The summed E-state index contributed by atoms with van der Waals surface area (Å²) >= 11 is 12.3. The number of hydrogen-bond donors (Lipinski definition) is 3. The fourth-order valence-corrected chi connectivity index (χ4v) is 3.10. The highest BCUT2D eigenvalue weighted by atomic mass is 35.5. The first-order valence-electron chi connectivity index (χ1n) is 5.54. The van der Waals surface area contributed by atoms with E-state index in [0.717, 1.165) is 24.5 Å². The quantitative estimate of drug-likeness (QED) is 0.506. The predicted molar refractivity (Wildman–Crippen MR) is 65.0 cm³/mol. The molecule has 4 N–H and O–H groups in total. The lowest BCUT2D eigenvalue weighted by Gasteiger charge is -2.36. The smallest absolute Gasteiger partial charge is 0.107 e. The molecule has 16 heavy (non-hydrogen) atoms. The minimum atomic E-state index is -0.895. The van der Waals surface area contributed by atoms with E-state index in [2.05, 4.69) is 10.4 Å². The van der Waals surface area contributed by atoms with E-state index in [-0.39, 0.29) is 17.3 Å². The van der Waals surface area contributed by atoms with Gasteiger partial charge in [-0.25, -0.2) is 5.01 Å². The molecule has 0 radical (unpaired) electrons. The highest BCUT2D eigenvalue weighted by Crippen LogP contribution is 2.34. The summed E-state index contributed by atoms with van der Waals surface area (Å²) < 4.78 is 0. The van der Waals surface area contributed by atoms with Crippen molar-refractivity contribution in [3.05, 3.63) is 11.1 Å². The van der Waals surface area contributed by atoms with E-state index < -0.39 is 6.23 Å². The monoisotopic (exact) mass is 265 g/mol. The maximum atomic E-state index is 9.48. The van der Waals surface area contributed by atoms with Crippen molar-refractivity contribution >= 4 is 23.2 Å². The molecule has 0 aromatic carbocycles. The van der Waals surface area contributed by atoms with E-state index >= 15 is 0 Å². The first-order valence-corrected chi connectivity index (χ1v) is 6.36. The van der Waals surface area contributed by atoms with E-state index in [1.807, 2.05) is 0 Å². The van der Waals surface area contributed by atoms with Crippen LogP contribution in [0.4, 0.5) is 0 Å². The number of hydrazine groups is 1. The van der Waals surface area contributed by atoms with Crippen LogP contribution in [0.15, 0.2) is 11.1 Å². The van der Waals surface area contributed by atoms with Crippen LogP contribution in [-0.2, 0) is 0 Å². The molecule has 1 heterocycles. The molecule has 0 aromatic heterocycles. The largest absolute Gasteiger partial charge is 0.378 e. The van der Waals surface area contributed by atoms with Crippen LogP contribution in [0.25, 0.3) is 0 Å². The summed E-state index contributed by atoms with van der Waals surface area (Å²) in [6.45, 7) is 1.94. The van der Waals surface area contributed by atoms with Crippen LogP contribution in [0.3, 0.4) is 0 Å². The fourth-order valence-electron chi connectivity index (χ4n) is 2.31. The Balaban J connectivity index is 2.10. The highest BCUT2D eigenvalue weighted by molar-refractivity contribution is 6.31. The number of hydrogen-bond acceptors (Lipinski definition) is 4. The molecular weight excluding hydrogens is 249 g/mol.